The Morgan fingerprint density at radius 3 is 2.39 bits per heavy atom. The van der Waals surface area contributed by atoms with Crippen molar-refractivity contribution in [2.24, 2.45) is 0 Å². The largest absolute Gasteiger partial charge is 0.497 e. The fourth-order valence-electron chi connectivity index (χ4n) is 2.93. The molecule has 0 saturated carbocycles. The van der Waals surface area contributed by atoms with E-state index in [0.29, 0.717) is 16.6 Å². The molecule has 1 heterocycles. The minimum absolute atomic E-state index is 0.227. The first-order valence-corrected chi connectivity index (χ1v) is 10.9. The highest BCUT2D eigenvalue weighted by Gasteiger charge is 2.16. The number of para-hydroxylation sites is 2. The summed E-state index contributed by atoms with van der Waals surface area (Å²) in [6, 6.07) is 23.2. The predicted molar refractivity (Wildman–Crippen MR) is 126 cm³/mol. The number of thiazole rings is 1. The highest BCUT2D eigenvalue weighted by molar-refractivity contribution is 7.14. The van der Waals surface area contributed by atoms with Crippen LogP contribution in [0.5, 0.6) is 17.2 Å². The Balaban J connectivity index is 1.34. The molecule has 0 aliphatic carbocycles. The lowest BCUT2D eigenvalue weighted by Crippen LogP contribution is -2.21. The number of carbonyl (C=O) groups excluding carboxylic acids is 2. The van der Waals surface area contributed by atoms with Crippen molar-refractivity contribution in [1.82, 2.24) is 4.98 Å². The molecule has 0 fully saturated rings. The van der Waals surface area contributed by atoms with Crippen LogP contribution in [0.15, 0.2) is 84.2 Å². The van der Waals surface area contributed by atoms with Crippen LogP contribution < -0.4 is 14.8 Å². The van der Waals surface area contributed by atoms with Crippen molar-refractivity contribution in [1.29, 1.82) is 0 Å². The first kappa shape index (κ1) is 22.0. The molecule has 1 aromatic heterocycles. The van der Waals surface area contributed by atoms with E-state index >= 15 is 0 Å². The molecular formula is C25H20N2O5S. The zero-order chi connectivity index (χ0) is 23.0. The quantitative estimate of drug-likeness (QED) is 0.354. The zero-order valence-corrected chi connectivity index (χ0v) is 18.5. The van der Waals surface area contributed by atoms with Gasteiger partial charge in [-0.1, -0.05) is 30.3 Å². The molecule has 0 spiro atoms. The maximum Gasteiger partial charge on any atom is 0.342 e. The zero-order valence-electron chi connectivity index (χ0n) is 17.7. The predicted octanol–water partition coefficient (Wildman–Crippen LogP) is 5.41. The average molecular weight is 461 g/mol. The third kappa shape index (κ3) is 5.75. The maximum atomic E-state index is 12.5. The average Bonchev–Trinajstić information content (AvgIpc) is 3.32. The Labute approximate surface area is 194 Å². The van der Waals surface area contributed by atoms with Crippen molar-refractivity contribution in [3.05, 3.63) is 89.8 Å². The number of nitrogens with zero attached hydrogens (tertiary/aromatic N) is 1. The third-order valence-electron chi connectivity index (χ3n) is 4.55. The summed E-state index contributed by atoms with van der Waals surface area (Å²) in [4.78, 5) is 29.2. The summed E-state index contributed by atoms with van der Waals surface area (Å²) >= 11 is 1.28. The Kier molecular flexibility index (Phi) is 6.96. The normalized spacial score (nSPS) is 10.3. The summed E-state index contributed by atoms with van der Waals surface area (Å²) in [5, 5.41) is 4.90. The number of esters is 1. The van der Waals surface area contributed by atoms with Gasteiger partial charge in [0.15, 0.2) is 11.7 Å². The second-order valence-corrected chi connectivity index (χ2v) is 7.66. The molecule has 4 rings (SSSR count). The number of ether oxygens (including phenoxy) is 3. The monoisotopic (exact) mass is 460 g/mol. The number of hydrogen-bond donors (Lipinski definition) is 1. The summed E-state index contributed by atoms with van der Waals surface area (Å²) in [6.45, 7) is -0.448. The summed E-state index contributed by atoms with van der Waals surface area (Å²) in [5.74, 6) is 0.542. The van der Waals surface area contributed by atoms with Crippen LogP contribution in [-0.4, -0.2) is 30.6 Å². The highest BCUT2D eigenvalue weighted by Crippen LogP contribution is 2.27. The van der Waals surface area contributed by atoms with E-state index in [1.807, 2.05) is 47.8 Å². The molecule has 0 saturated heterocycles. The van der Waals surface area contributed by atoms with Gasteiger partial charge < -0.3 is 14.2 Å². The van der Waals surface area contributed by atoms with Crippen LogP contribution in [-0.2, 0) is 9.53 Å². The van der Waals surface area contributed by atoms with Gasteiger partial charge in [0.2, 0.25) is 0 Å². The van der Waals surface area contributed by atoms with E-state index in [-0.39, 0.29) is 5.56 Å². The Bertz CT molecular complexity index is 1240. The lowest BCUT2D eigenvalue weighted by Gasteiger charge is -2.10. The first-order valence-electron chi connectivity index (χ1n) is 10.0. The van der Waals surface area contributed by atoms with Gasteiger partial charge in [-0.3, -0.25) is 10.1 Å². The van der Waals surface area contributed by atoms with Crippen molar-refractivity contribution < 1.29 is 23.8 Å². The molecule has 0 atom stereocenters. The van der Waals surface area contributed by atoms with Gasteiger partial charge in [-0.05, 0) is 48.5 Å². The van der Waals surface area contributed by atoms with E-state index in [0.717, 1.165) is 17.0 Å². The Morgan fingerprint density at radius 2 is 1.64 bits per heavy atom. The molecule has 0 radical (unpaired) electrons. The smallest absolute Gasteiger partial charge is 0.342 e. The van der Waals surface area contributed by atoms with E-state index in [4.69, 9.17) is 14.2 Å². The number of hydrogen-bond acceptors (Lipinski definition) is 7. The summed E-state index contributed by atoms with van der Waals surface area (Å²) in [7, 11) is 1.60. The van der Waals surface area contributed by atoms with Gasteiger partial charge in [0.25, 0.3) is 5.91 Å². The van der Waals surface area contributed by atoms with Gasteiger partial charge in [-0.2, -0.15) is 0 Å². The minimum Gasteiger partial charge on any atom is -0.497 e. The summed E-state index contributed by atoms with van der Waals surface area (Å²) in [5.41, 5.74) is 1.85. The SMILES string of the molecule is COc1ccc(-c2csc(NC(=O)COC(=O)c3ccccc3Oc3ccccc3)n2)cc1. The highest BCUT2D eigenvalue weighted by atomic mass is 32.1. The molecule has 4 aromatic rings. The fraction of sp³-hybridized carbons (Fsp3) is 0.0800. The lowest BCUT2D eigenvalue weighted by atomic mass is 10.2. The number of anilines is 1. The van der Waals surface area contributed by atoms with Crippen molar-refractivity contribution >= 4 is 28.3 Å². The maximum absolute atomic E-state index is 12.5. The number of benzene rings is 3. The van der Waals surface area contributed by atoms with Gasteiger partial charge >= 0.3 is 5.97 Å². The van der Waals surface area contributed by atoms with Crippen LogP contribution in [0.2, 0.25) is 0 Å². The van der Waals surface area contributed by atoms with E-state index in [1.165, 1.54) is 11.3 Å². The van der Waals surface area contributed by atoms with Gasteiger partial charge in [-0.15, -0.1) is 11.3 Å². The van der Waals surface area contributed by atoms with Crippen LogP contribution in [0.1, 0.15) is 10.4 Å². The van der Waals surface area contributed by atoms with Crippen molar-refractivity contribution in [2.75, 3.05) is 19.0 Å². The van der Waals surface area contributed by atoms with Crippen molar-refractivity contribution in [3.8, 4) is 28.5 Å². The van der Waals surface area contributed by atoms with Gasteiger partial charge in [0.1, 0.15) is 22.8 Å². The van der Waals surface area contributed by atoms with E-state index < -0.39 is 18.5 Å². The van der Waals surface area contributed by atoms with Crippen LogP contribution in [0.25, 0.3) is 11.3 Å². The van der Waals surface area contributed by atoms with Crippen LogP contribution in [0.3, 0.4) is 0 Å². The van der Waals surface area contributed by atoms with Crippen LogP contribution >= 0.6 is 11.3 Å². The van der Waals surface area contributed by atoms with Gasteiger partial charge in [-0.25, -0.2) is 9.78 Å². The molecule has 0 aliphatic heterocycles. The van der Waals surface area contributed by atoms with E-state index in [2.05, 4.69) is 10.3 Å². The minimum atomic E-state index is -0.658. The van der Waals surface area contributed by atoms with Gasteiger partial charge in [0, 0.05) is 10.9 Å². The lowest BCUT2D eigenvalue weighted by molar-refractivity contribution is -0.119. The molecule has 0 aliphatic rings. The molecule has 33 heavy (non-hydrogen) atoms. The van der Waals surface area contributed by atoms with E-state index in [1.54, 1.807) is 43.5 Å². The standard InChI is InChI=1S/C25H20N2O5S/c1-30-18-13-11-17(12-14-18)21-16-33-25(26-21)27-23(28)15-31-24(29)20-9-5-6-10-22(20)32-19-7-3-2-4-8-19/h2-14,16H,15H2,1H3,(H,26,27,28). The van der Waals surface area contributed by atoms with Crippen molar-refractivity contribution in [2.45, 2.75) is 0 Å². The van der Waals surface area contributed by atoms with Gasteiger partial charge in [0.05, 0.1) is 12.8 Å². The second kappa shape index (κ2) is 10.4. The molecule has 7 nitrogen and oxygen atoms in total. The number of amides is 1. The molecule has 1 N–H and O–H groups in total. The Hall–Kier alpha value is -4.17. The molecule has 0 unspecified atom stereocenters. The number of aromatic nitrogens is 1. The molecule has 0 bridgehead atoms. The van der Waals surface area contributed by atoms with Crippen LogP contribution in [0.4, 0.5) is 5.13 Å². The number of carbonyl (C=O) groups is 2. The number of methoxy groups -OCH3 is 1. The summed E-state index contributed by atoms with van der Waals surface area (Å²) < 4.78 is 16.1. The van der Waals surface area contributed by atoms with Crippen molar-refractivity contribution in [3.63, 3.8) is 0 Å². The topological polar surface area (TPSA) is 86.8 Å². The number of nitrogens with one attached hydrogen (secondary N) is 1. The molecule has 3 aromatic carbocycles. The molecule has 8 heteroatoms. The fourth-order valence-corrected chi connectivity index (χ4v) is 3.67. The molecule has 166 valence electrons. The van der Waals surface area contributed by atoms with E-state index in [9.17, 15) is 9.59 Å². The summed E-state index contributed by atoms with van der Waals surface area (Å²) in [6.07, 6.45) is 0. The molecular weight excluding hydrogens is 440 g/mol. The Morgan fingerprint density at radius 1 is 0.909 bits per heavy atom. The second-order valence-electron chi connectivity index (χ2n) is 6.80. The number of rotatable bonds is 8. The third-order valence-corrected chi connectivity index (χ3v) is 5.31. The first-order chi connectivity index (χ1) is 16.1. The molecule has 1 amide bonds. The van der Waals surface area contributed by atoms with Crippen LogP contribution in [0, 0.1) is 0 Å².